The van der Waals surface area contributed by atoms with E-state index in [0.717, 1.165) is 84.1 Å². The Balaban J connectivity index is 0.000000146. The maximum Gasteiger partial charge on any atom is 0.164 e. The largest absolute Gasteiger partial charge is 0.457 e. The van der Waals surface area contributed by atoms with Gasteiger partial charge in [-0.2, -0.15) is 5.26 Å². The van der Waals surface area contributed by atoms with Gasteiger partial charge in [0, 0.05) is 49.9 Å². The Kier molecular flexibility index (Phi) is 14.9. The van der Waals surface area contributed by atoms with Gasteiger partial charge in [-0.3, -0.25) is 0 Å². The number of hydrogen-bond donors (Lipinski definition) is 0. The third kappa shape index (κ3) is 10.5. The van der Waals surface area contributed by atoms with Crippen LogP contribution in [0, 0.1) is 18.3 Å². The lowest BCUT2D eigenvalue weighted by molar-refractivity contribution is 0.436. The summed E-state index contributed by atoms with van der Waals surface area (Å²) in [7, 11) is 0. The number of hydrogen-bond acceptors (Lipinski definition) is 7. The average molecular weight is 1310 g/mol. The first kappa shape index (κ1) is 61.1. The Morgan fingerprint density at radius 3 is 1.18 bits per heavy atom. The monoisotopic (exact) mass is 1300 g/mol. The van der Waals surface area contributed by atoms with Gasteiger partial charge in [0.15, 0.2) is 23.3 Å². The Morgan fingerprint density at radius 2 is 0.637 bits per heavy atom. The molecular weight excluding hydrogens is 1240 g/mol. The standard InChI is InChI=1S/C48H29N3O.C47H35N3/c49-30-31-19-21-32(22-20-31)35-23-25-37-38-26-24-36(44-29-43(33-11-3-1-4-12-33)50-47(51-44)34-13-5-2-6-14-34)28-42(38)48(41(37)27-35)39-15-7-9-17-45(39)52-46-18-10-8-16-40(46)48;1-30-18-24-40-41-25-23-35(29-43(41)47(2,3)42(40)28-30)37-27-26-36(38-16-10-11-17-39(37)38)31-19-21-34(22-20-31)46-49-44(32-12-6-4-7-13-32)48-45(50-46)33-14-8-5-9-15-33/h1-29H;4-29H,1-3H3. The van der Waals surface area contributed by atoms with Gasteiger partial charge in [-0.05, 0) is 144 Å². The molecule has 2 aromatic heterocycles. The third-order valence-electron chi connectivity index (χ3n) is 20.6. The van der Waals surface area contributed by atoms with Gasteiger partial charge in [0.2, 0.25) is 0 Å². The van der Waals surface area contributed by atoms with E-state index in [2.05, 4.69) is 227 Å². The lowest BCUT2D eigenvalue weighted by Crippen LogP contribution is -2.32. The van der Waals surface area contributed by atoms with Crippen LogP contribution in [0.15, 0.2) is 334 Å². The molecule has 0 atom stereocenters. The summed E-state index contributed by atoms with van der Waals surface area (Å²) >= 11 is 0. The van der Waals surface area contributed by atoms with E-state index < -0.39 is 5.41 Å². The molecule has 0 saturated carbocycles. The van der Waals surface area contributed by atoms with Crippen molar-refractivity contribution in [2.24, 2.45) is 0 Å². The molecule has 16 aromatic rings. The zero-order valence-corrected chi connectivity index (χ0v) is 56.3. The quantitative estimate of drug-likeness (QED) is 0.142. The molecule has 480 valence electrons. The smallest absolute Gasteiger partial charge is 0.164 e. The minimum Gasteiger partial charge on any atom is -0.457 e. The first-order chi connectivity index (χ1) is 50.1. The second kappa shape index (κ2) is 24.9. The van der Waals surface area contributed by atoms with E-state index in [4.69, 9.17) is 29.7 Å². The van der Waals surface area contributed by atoms with Gasteiger partial charge in [0.25, 0.3) is 0 Å². The van der Waals surface area contributed by atoms with Gasteiger partial charge in [0.05, 0.1) is 28.4 Å². The number of aryl methyl sites for hydroxylation is 1. The van der Waals surface area contributed by atoms with Crippen LogP contribution in [-0.2, 0) is 10.8 Å². The highest BCUT2D eigenvalue weighted by molar-refractivity contribution is 6.05. The fraction of sp³-hybridized carbons (Fsp3) is 0.0526. The normalized spacial score (nSPS) is 12.9. The number of fused-ring (bicyclic) bond motifs is 13. The van der Waals surface area contributed by atoms with E-state index in [0.29, 0.717) is 28.9 Å². The zero-order valence-electron chi connectivity index (χ0n) is 56.3. The van der Waals surface area contributed by atoms with Crippen LogP contribution in [0.2, 0.25) is 0 Å². The number of para-hydroxylation sites is 2. The first-order valence-electron chi connectivity index (χ1n) is 34.6. The minimum atomic E-state index is -0.660. The van der Waals surface area contributed by atoms with Crippen molar-refractivity contribution in [2.45, 2.75) is 31.6 Å². The van der Waals surface area contributed by atoms with Crippen LogP contribution in [0.3, 0.4) is 0 Å². The second-order valence-electron chi connectivity index (χ2n) is 27.0. The summed E-state index contributed by atoms with van der Waals surface area (Å²) in [6.07, 6.45) is 0. The lowest BCUT2D eigenvalue weighted by atomic mass is 9.65. The zero-order chi connectivity index (χ0) is 68.5. The van der Waals surface area contributed by atoms with Crippen LogP contribution in [-0.4, -0.2) is 24.9 Å². The molecule has 0 radical (unpaired) electrons. The molecule has 1 spiro atoms. The second-order valence-corrected chi connectivity index (χ2v) is 27.0. The number of rotatable bonds is 9. The molecule has 0 bridgehead atoms. The number of benzene rings is 14. The Bertz CT molecular complexity index is 5840. The molecule has 7 nitrogen and oxygen atoms in total. The summed E-state index contributed by atoms with van der Waals surface area (Å²) in [5.41, 5.74) is 28.3. The molecule has 19 rings (SSSR count). The molecule has 3 heterocycles. The molecule has 0 N–H and O–H groups in total. The van der Waals surface area contributed by atoms with Crippen molar-refractivity contribution >= 4 is 10.8 Å². The molecule has 0 amide bonds. The van der Waals surface area contributed by atoms with Crippen LogP contribution in [0.4, 0.5) is 0 Å². The fourth-order valence-electron chi connectivity index (χ4n) is 15.6. The maximum atomic E-state index is 9.46. The van der Waals surface area contributed by atoms with Gasteiger partial charge in [-0.1, -0.05) is 305 Å². The Labute approximate surface area is 593 Å². The highest BCUT2D eigenvalue weighted by atomic mass is 16.5. The summed E-state index contributed by atoms with van der Waals surface area (Å²) in [5, 5.41) is 11.9. The molecule has 14 aromatic carbocycles. The SMILES string of the molecule is Cc1ccc2c(c1)C(C)(C)c1cc(-c3ccc(-c4ccc(-c5nc(-c6ccccc6)nc(-c6ccccc6)n5)cc4)c4ccccc34)ccc1-2.N#Cc1ccc(-c2ccc3c(c2)C2(c4ccccc4Oc4ccccc42)c2cc(-c4cc(-c5ccccc5)nc(-c5ccccc5)n4)ccc2-3)cc1. The third-order valence-corrected chi connectivity index (χ3v) is 20.6. The minimum absolute atomic E-state index is 0.0492. The van der Waals surface area contributed by atoms with Crippen LogP contribution in [0.25, 0.3) is 134 Å². The molecule has 102 heavy (non-hydrogen) atoms. The number of ether oxygens (including phenoxy) is 1. The van der Waals surface area contributed by atoms with Crippen molar-refractivity contribution in [1.29, 1.82) is 5.26 Å². The topological polar surface area (TPSA) is 97.5 Å². The highest BCUT2D eigenvalue weighted by Crippen LogP contribution is 2.63. The fourth-order valence-corrected chi connectivity index (χ4v) is 15.6. The van der Waals surface area contributed by atoms with Gasteiger partial charge in [-0.25, -0.2) is 24.9 Å². The molecule has 0 fully saturated rings. The summed E-state index contributed by atoms with van der Waals surface area (Å²) in [4.78, 5) is 25.0. The summed E-state index contributed by atoms with van der Waals surface area (Å²) < 4.78 is 6.63. The molecule has 0 saturated heterocycles. The van der Waals surface area contributed by atoms with Crippen LogP contribution in [0.1, 0.15) is 58.4 Å². The number of nitrogens with zero attached hydrogens (tertiary/aromatic N) is 6. The van der Waals surface area contributed by atoms with Crippen molar-refractivity contribution in [3.63, 3.8) is 0 Å². The maximum absolute atomic E-state index is 9.46. The summed E-state index contributed by atoms with van der Waals surface area (Å²) in [5.74, 6) is 4.34. The molecule has 0 unspecified atom stereocenters. The van der Waals surface area contributed by atoms with Crippen molar-refractivity contribution in [3.05, 3.63) is 378 Å². The summed E-state index contributed by atoms with van der Waals surface area (Å²) in [6, 6.07) is 119. The van der Waals surface area contributed by atoms with E-state index in [9.17, 15) is 5.26 Å². The van der Waals surface area contributed by atoms with Gasteiger partial charge in [0.1, 0.15) is 11.5 Å². The van der Waals surface area contributed by atoms with Crippen LogP contribution < -0.4 is 4.74 Å². The van der Waals surface area contributed by atoms with Crippen LogP contribution in [0.5, 0.6) is 11.5 Å². The summed E-state index contributed by atoms with van der Waals surface area (Å²) in [6.45, 7) is 6.89. The molecular formula is C95H64N6O. The Hall–Kier alpha value is -13.3. The van der Waals surface area contributed by atoms with E-state index in [1.54, 1.807) is 0 Å². The van der Waals surface area contributed by atoms with Gasteiger partial charge < -0.3 is 4.74 Å². The van der Waals surface area contributed by atoms with E-state index in [1.165, 1.54) is 77.5 Å². The predicted molar refractivity (Wildman–Crippen MR) is 413 cm³/mol. The molecule has 1 aliphatic heterocycles. The first-order valence-corrected chi connectivity index (χ1v) is 34.6. The van der Waals surface area contributed by atoms with E-state index in [1.807, 2.05) is 133 Å². The van der Waals surface area contributed by atoms with Crippen LogP contribution >= 0.6 is 0 Å². The van der Waals surface area contributed by atoms with Crippen molar-refractivity contribution in [3.8, 4) is 141 Å². The number of aromatic nitrogens is 5. The molecule has 2 aliphatic carbocycles. The number of nitriles is 1. The molecule has 7 heteroatoms. The van der Waals surface area contributed by atoms with Crippen molar-refractivity contribution < 1.29 is 4.74 Å². The highest BCUT2D eigenvalue weighted by Gasteiger charge is 2.51. The Morgan fingerprint density at radius 1 is 0.275 bits per heavy atom. The van der Waals surface area contributed by atoms with E-state index >= 15 is 0 Å². The molecule has 3 aliphatic rings. The van der Waals surface area contributed by atoms with Gasteiger partial charge in [-0.15, -0.1) is 0 Å². The lowest BCUT2D eigenvalue weighted by Gasteiger charge is -2.39. The van der Waals surface area contributed by atoms with Crippen molar-refractivity contribution in [1.82, 2.24) is 24.9 Å². The van der Waals surface area contributed by atoms with Gasteiger partial charge >= 0.3 is 0 Å². The average Bonchev–Trinajstić information content (AvgIpc) is 1.50. The predicted octanol–water partition coefficient (Wildman–Crippen LogP) is 23.5. The van der Waals surface area contributed by atoms with Crippen molar-refractivity contribution in [2.75, 3.05) is 0 Å². The van der Waals surface area contributed by atoms with E-state index in [-0.39, 0.29) is 5.41 Å².